The Labute approximate surface area is 172 Å². The molecule has 0 aliphatic heterocycles. The maximum absolute atomic E-state index is 12.6. The van der Waals surface area contributed by atoms with Gasteiger partial charge in [0.1, 0.15) is 11.6 Å². The number of esters is 1. The zero-order valence-corrected chi connectivity index (χ0v) is 17.6. The van der Waals surface area contributed by atoms with Crippen LogP contribution in [0, 0.1) is 25.2 Å². The van der Waals surface area contributed by atoms with E-state index >= 15 is 0 Å². The lowest BCUT2D eigenvalue weighted by Crippen LogP contribution is -2.37. The summed E-state index contributed by atoms with van der Waals surface area (Å²) < 4.78 is 7.42. The van der Waals surface area contributed by atoms with Gasteiger partial charge in [0.25, 0.3) is 5.91 Å². The minimum absolute atomic E-state index is 0.135. The highest BCUT2D eigenvalue weighted by Crippen LogP contribution is 2.20. The van der Waals surface area contributed by atoms with Gasteiger partial charge < -0.3 is 14.2 Å². The molecule has 6 nitrogen and oxygen atoms in total. The molecular weight excluding hydrogens is 366 g/mol. The van der Waals surface area contributed by atoms with Crippen LogP contribution in [-0.2, 0) is 20.9 Å². The normalized spacial score (nSPS) is 12.2. The highest BCUT2D eigenvalue weighted by Gasteiger charge is 2.24. The molecule has 0 radical (unpaired) electrons. The molecule has 2 aromatic rings. The number of ether oxygens (including phenoxy) is 1. The minimum Gasteiger partial charge on any atom is -0.448 e. The number of aromatic nitrogens is 1. The topological polar surface area (TPSA) is 75.3 Å². The fourth-order valence-electron chi connectivity index (χ4n) is 3.16. The minimum atomic E-state index is -1.02. The number of likely N-dealkylation sites (N-methyl/N-ethyl adjacent to an activating group) is 1. The molecule has 0 spiro atoms. The third-order valence-corrected chi connectivity index (χ3v) is 4.81. The average molecular weight is 393 g/mol. The zero-order valence-electron chi connectivity index (χ0n) is 17.6. The van der Waals surface area contributed by atoms with Crippen molar-refractivity contribution in [3.05, 3.63) is 58.9 Å². The largest absolute Gasteiger partial charge is 0.448 e. The van der Waals surface area contributed by atoms with Gasteiger partial charge >= 0.3 is 5.97 Å². The maximum atomic E-state index is 12.6. The molecule has 0 fully saturated rings. The Balaban J connectivity index is 2.16. The summed E-state index contributed by atoms with van der Waals surface area (Å²) in [7, 11) is 1.62. The van der Waals surface area contributed by atoms with Crippen molar-refractivity contribution in [1.29, 1.82) is 5.26 Å². The Morgan fingerprint density at radius 3 is 2.52 bits per heavy atom. The zero-order chi connectivity index (χ0) is 21.6. The average Bonchev–Trinajstić information content (AvgIpc) is 2.98. The summed E-state index contributed by atoms with van der Waals surface area (Å²) in [5.41, 5.74) is 3.40. The van der Waals surface area contributed by atoms with E-state index in [1.807, 2.05) is 44.2 Å². The number of benzene rings is 1. The molecule has 152 valence electrons. The molecule has 1 atom stereocenters. The molecule has 29 heavy (non-hydrogen) atoms. The van der Waals surface area contributed by atoms with Gasteiger partial charge in [0.05, 0.1) is 0 Å². The number of para-hydroxylation sites is 1. The molecule has 0 saturated heterocycles. The van der Waals surface area contributed by atoms with E-state index in [4.69, 9.17) is 4.74 Å². The van der Waals surface area contributed by atoms with Crippen molar-refractivity contribution in [2.45, 2.75) is 46.8 Å². The number of anilines is 1. The van der Waals surface area contributed by atoms with Crippen LogP contribution in [0.15, 0.2) is 42.0 Å². The molecule has 1 aromatic heterocycles. The first-order chi connectivity index (χ1) is 13.8. The lowest BCUT2D eigenvalue weighted by molar-refractivity contribution is -0.149. The second-order valence-corrected chi connectivity index (χ2v) is 6.93. The molecule has 2 rings (SSSR count). The van der Waals surface area contributed by atoms with Gasteiger partial charge in [-0.3, -0.25) is 4.79 Å². The Morgan fingerprint density at radius 1 is 1.28 bits per heavy atom. The monoisotopic (exact) mass is 393 g/mol. The fraction of sp³-hybridized carbons (Fsp3) is 0.348. The number of carbonyl (C=O) groups is 2. The number of aryl methyl sites for hydroxylation is 1. The Hall–Kier alpha value is -3.33. The maximum Gasteiger partial charge on any atom is 0.349 e. The van der Waals surface area contributed by atoms with Gasteiger partial charge in [-0.1, -0.05) is 25.1 Å². The fourth-order valence-corrected chi connectivity index (χ4v) is 3.16. The van der Waals surface area contributed by atoms with Crippen LogP contribution in [0.2, 0.25) is 0 Å². The molecule has 0 aliphatic rings. The SMILES string of the molecule is CCCn1c(C)cc(/C=C(\C#N)C(=O)O[C@@H](C)C(=O)N(C)c2ccccc2)c1C. The van der Waals surface area contributed by atoms with Crippen molar-refractivity contribution in [1.82, 2.24) is 4.57 Å². The van der Waals surface area contributed by atoms with Gasteiger partial charge in [-0.2, -0.15) is 5.26 Å². The third-order valence-electron chi connectivity index (χ3n) is 4.81. The van der Waals surface area contributed by atoms with Crippen LogP contribution in [-0.4, -0.2) is 29.6 Å². The van der Waals surface area contributed by atoms with Crippen LogP contribution in [0.5, 0.6) is 0 Å². The lowest BCUT2D eigenvalue weighted by atomic mass is 10.1. The molecule has 0 unspecified atom stereocenters. The molecule has 6 heteroatoms. The van der Waals surface area contributed by atoms with Crippen LogP contribution >= 0.6 is 0 Å². The van der Waals surface area contributed by atoms with E-state index in [-0.39, 0.29) is 11.5 Å². The van der Waals surface area contributed by atoms with E-state index in [2.05, 4.69) is 11.5 Å². The number of hydrogen-bond donors (Lipinski definition) is 0. The van der Waals surface area contributed by atoms with Gasteiger partial charge in [0.15, 0.2) is 6.10 Å². The first kappa shape index (κ1) is 22.0. The quantitative estimate of drug-likeness (QED) is 0.404. The summed E-state index contributed by atoms with van der Waals surface area (Å²) in [6, 6.07) is 12.9. The number of amides is 1. The number of hydrogen-bond acceptors (Lipinski definition) is 4. The molecule has 0 saturated carbocycles. The second kappa shape index (κ2) is 9.74. The summed E-state index contributed by atoms with van der Waals surface area (Å²) in [6.07, 6.45) is 1.49. The van der Waals surface area contributed by atoms with Crippen molar-refractivity contribution in [2.24, 2.45) is 0 Å². The lowest BCUT2D eigenvalue weighted by Gasteiger charge is -2.21. The number of carbonyl (C=O) groups excluding carboxylic acids is 2. The van der Waals surface area contributed by atoms with E-state index in [1.54, 1.807) is 19.2 Å². The second-order valence-electron chi connectivity index (χ2n) is 6.93. The molecule has 1 amide bonds. The molecule has 1 aromatic carbocycles. The van der Waals surface area contributed by atoms with Gasteiger partial charge in [-0.25, -0.2) is 4.79 Å². The van der Waals surface area contributed by atoms with Crippen LogP contribution < -0.4 is 4.90 Å². The molecule has 0 aliphatic carbocycles. The van der Waals surface area contributed by atoms with Crippen molar-refractivity contribution in [3.8, 4) is 6.07 Å². The Bertz CT molecular complexity index is 952. The van der Waals surface area contributed by atoms with E-state index in [9.17, 15) is 14.9 Å². The van der Waals surface area contributed by atoms with Crippen molar-refractivity contribution < 1.29 is 14.3 Å². The summed E-state index contributed by atoms with van der Waals surface area (Å²) in [4.78, 5) is 26.5. The van der Waals surface area contributed by atoms with E-state index in [0.717, 1.165) is 29.9 Å². The predicted molar refractivity (Wildman–Crippen MR) is 113 cm³/mol. The van der Waals surface area contributed by atoms with E-state index < -0.39 is 12.1 Å². The van der Waals surface area contributed by atoms with E-state index in [1.165, 1.54) is 17.9 Å². The number of nitrogens with zero attached hydrogens (tertiary/aromatic N) is 3. The summed E-state index contributed by atoms with van der Waals surface area (Å²) in [5.74, 6) is -1.18. The van der Waals surface area contributed by atoms with Crippen LogP contribution in [0.25, 0.3) is 6.08 Å². The summed E-state index contributed by atoms with van der Waals surface area (Å²) in [6.45, 7) is 8.41. The summed E-state index contributed by atoms with van der Waals surface area (Å²) in [5, 5.41) is 9.45. The Kier molecular flexibility index (Phi) is 7.38. The molecular formula is C23H27N3O3. The standard InChI is InChI=1S/C23H27N3O3/c1-6-12-26-16(2)13-19(17(26)3)14-20(15-24)23(28)29-18(4)22(27)25(5)21-10-8-7-9-11-21/h7-11,13-14,18H,6,12H2,1-5H3/b20-14+/t18-/m0/s1. The van der Waals surface area contributed by atoms with Crippen LogP contribution in [0.1, 0.15) is 37.2 Å². The van der Waals surface area contributed by atoms with Crippen LogP contribution in [0.4, 0.5) is 5.69 Å². The Morgan fingerprint density at radius 2 is 1.93 bits per heavy atom. The van der Waals surface area contributed by atoms with Crippen LogP contribution in [0.3, 0.4) is 0 Å². The number of nitriles is 1. The number of rotatable bonds is 7. The van der Waals surface area contributed by atoms with Gasteiger partial charge in [0, 0.05) is 30.7 Å². The van der Waals surface area contributed by atoms with Crippen molar-refractivity contribution in [2.75, 3.05) is 11.9 Å². The molecule has 1 heterocycles. The van der Waals surface area contributed by atoms with Gasteiger partial charge in [-0.05, 0) is 57.0 Å². The van der Waals surface area contributed by atoms with E-state index in [0.29, 0.717) is 5.69 Å². The first-order valence-corrected chi connectivity index (χ1v) is 9.62. The summed E-state index contributed by atoms with van der Waals surface area (Å²) >= 11 is 0. The van der Waals surface area contributed by atoms with Crippen molar-refractivity contribution >= 4 is 23.6 Å². The highest BCUT2D eigenvalue weighted by molar-refractivity contribution is 6.01. The van der Waals surface area contributed by atoms with Gasteiger partial charge in [0.2, 0.25) is 0 Å². The first-order valence-electron chi connectivity index (χ1n) is 9.62. The third kappa shape index (κ3) is 5.14. The predicted octanol–water partition coefficient (Wildman–Crippen LogP) is 4.02. The highest BCUT2D eigenvalue weighted by atomic mass is 16.5. The van der Waals surface area contributed by atoms with Gasteiger partial charge in [-0.15, -0.1) is 0 Å². The smallest absolute Gasteiger partial charge is 0.349 e. The van der Waals surface area contributed by atoms with Crippen molar-refractivity contribution in [3.63, 3.8) is 0 Å². The molecule has 0 N–H and O–H groups in total. The molecule has 0 bridgehead atoms.